The van der Waals surface area contributed by atoms with Crippen molar-refractivity contribution in [2.45, 2.75) is 63.4 Å². The zero-order valence-corrected chi connectivity index (χ0v) is 16.7. The number of benzene rings is 1. The maximum atomic E-state index is 13.3. The van der Waals surface area contributed by atoms with Gasteiger partial charge in [0, 0.05) is 17.6 Å². The maximum absolute atomic E-state index is 13.3. The Morgan fingerprint density at radius 3 is 2.14 bits per heavy atom. The van der Waals surface area contributed by atoms with Crippen LogP contribution in [0.4, 0.5) is 23.2 Å². The number of sulfonamides is 1. The molecule has 1 aliphatic rings. The highest BCUT2D eigenvalue weighted by Gasteiger charge is 2.36. The summed E-state index contributed by atoms with van der Waals surface area (Å²) >= 11 is 0. The van der Waals surface area contributed by atoms with Gasteiger partial charge in [0.25, 0.3) is 0 Å². The van der Waals surface area contributed by atoms with Crippen LogP contribution in [0.5, 0.6) is 0 Å². The van der Waals surface area contributed by atoms with Gasteiger partial charge in [-0.1, -0.05) is 0 Å². The lowest BCUT2D eigenvalue weighted by Gasteiger charge is -2.30. The van der Waals surface area contributed by atoms with E-state index in [0.29, 0.717) is 37.8 Å². The highest BCUT2D eigenvalue weighted by Crippen LogP contribution is 2.33. The molecule has 5 nitrogen and oxygen atoms in total. The fourth-order valence-corrected chi connectivity index (χ4v) is 3.96. The Bertz CT molecular complexity index is 824. The van der Waals surface area contributed by atoms with Crippen molar-refractivity contribution in [3.8, 4) is 0 Å². The second-order valence-corrected chi connectivity index (χ2v) is 10.4. The monoisotopic (exact) mass is 424 g/mol. The number of hydrogen-bond donors (Lipinski definition) is 2. The molecule has 0 atom stereocenters. The van der Waals surface area contributed by atoms with Crippen LogP contribution in [0.2, 0.25) is 0 Å². The first-order valence-corrected chi connectivity index (χ1v) is 10.4. The number of carbonyl (C=O) groups is 1. The highest BCUT2D eigenvalue weighted by atomic mass is 32.2. The normalized spacial score (nSPS) is 21.4. The van der Waals surface area contributed by atoms with Crippen LogP contribution in [0.3, 0.4) is 0 Å². The van der Waals surface area contributed by atoms with Crippen LogP contribution in [0.15, 0.2) is 18.2 Å². The van der Waals surface area contributed by atoms with Crippen molar-refractivity contribution in [3.05, 3.63) is 29.6 Å². The number of rotatable bonds is 4. The lowest BCUT2D eigenvalue weighted by molar-refractivity contribution is -0.140. The van der Waals surface area contributed by atoms with Gasteiger partial charge >= 0.3 is 6.18 Å². The van der Waals surface area contributed by atoms with E-state index in [2.05, 4.69) is 10.0 Å². The number of nitrogens with one attached hydrogen (secondary N) is 2. The Morgan fingerprint density at radius 2 is 1.64 bits per heavy atom. The molecular formula is C18H24F4N2O3S. The second kappa shape index (κ2) is 7.98. The van der Waals surface area contributed by atoms with Crippen LogP contribution in [0.1, 0.15) is 52.0 Å². The van der Waals surface area contributed by atoms with Gasteiger partial charge in [0.15, 0.2) is 0 Å². The van der Waals surface area contributed by atoms with Crippen molar-refractivity contribution in [2.75, 3.05) is 5.32 Å². The van der Waals surface area contributed by atoms with Crippen LogP contribution in [0, 0.1) is 11.7 Å². The predicted octanol–water partition coefficient (Wildman–Crippen LogP) is 4.06. The van der Waals surface area contributed by atoms with Crippen molar-refractivity contribution >= 4 is 21.6 Å². The lowest BCUT2D eigenvalue weighted by Crippen LogP contribution is -2.46. The van der Waals surface area contributed by atoms with Crippen LogP contribution < -0.4 is 10.0 Å². The average Bonchev–Trinajstić information content (AvgIpc) is 2.54. The average molecular weight is 424 g/mol. The Labute approximate surface area is 161 Å². The van der Waals surface area contributed by atoms with Crippen LogP contribution in [-0.4, -0.2) is 25.1 Å². The molecule has 1 aromatic rings. The third kappa shape index (κ3) is 5.44. The molecule has 0 aliphatic heterocycles. The molecule has 158 valence electrons. The number of alkyl halides is 3. The molecule has 0 heterocycles. The van der Waals surface area contributed by atoms with E-state index in [0.717, 1.165) is 6.07 Å². The molecule has 1 aliphatic carbocycles. The summed E-state index contributed by atoms with van der Waals surface area (Å²) in [6, 6.07) is 2.02. The summed E-state index contributed by atoms with van der Waals surface area (Å²) in [7, 11) is -3.50. The summed E-state index contributed by atoms with van der Waals surface area (Å²) in [5.74, 6) is -2.32. The van der Waals surface area contributed by atoms with E-state index in [1.54, 1.807) is 20.8 Å². The smallest absolute Gasteiger partial charge is 0.326 e. The number of halogens is 4. The van der Waals surface area contributed by atoms with Crippen LogP contribution in [0.25, 0.3) is 0 Å². The molecule has 0 bridgehead atoms. The van der Waals surface area contributed by atoms with E-state index in [-0.39, 0.29) is 11.7 Å². The maximum Gasteiger partial charge on any atom is 0.419 e. The SMILES string of the molecule is CC(C)(C)S(=O)(=O)NC1CCC(C(=O)Nc2ccc(F)c(C(F)(F)F)c2)CC1. The summed E-state index contributed by atoms with van der Waals surface area (Å²) in [6.45, 7) is 4.77. The fraction of sp³-hybridized carbons (Fsp3) is 0.611. The molecule has 10 heteroatoms. The van der Waals surface area contributed by atoms with Crippen molar-refractivity contribution in [1.82, 2.24) is 4.72 Å². The molecule has 1 amide bonds. The van der Waals surface area contributed by atoms with Gasteiger partial charge in [-0.25, -0.2) is 17.5 Å². The van der Waals surface area contributed by atoms with Gasteiger partial charge in [0.2, 0.25) is 15.9 Å². The predicted molar refractivity (Wildman–Crippen MR) is 97.6 cm³/mol. The molecule has 2 rings (SSSR count). The molecule has 0 spiro atoms. The zero-order chi connectivity index (χ0) is 21.3. The van der Waals surface area contributed by atoms with Gasteiger partial charge in [-0.3, -0.25) is 4.79 Å². The Balaban J connectivity index is 1.96. The Morgan fingerprint density at radius 1 is 1.07 bits per heavy atom. The summed E-state index contributed by atoms with van der Waals surface area (Å²) in [5, 5.41) is 2.39. The minimum atomic E-state index is -4.85. The Kier molecular flexibility index (Phi) is 6.44. The summed E-state index contributed by atoms with van der Waals surface area (Å²) in [4.78, 5) is 12.3. The fourth-order valence-electron chi connectivity index (χ4n) is 2.93. The van der Waals surface area contributed by atoms with Crippen LogP contribution >= 0.6 is 0 Å². The number of anilines is 1. The molecule has 0 saturated heterocycles. The first-order valence-electron chi connectivity index (χ1n) is 8.90. The van der Waals surface area contributed by atoms with E-state index in [1.165, 1.54) is 0 Å². The van der Waals surface area contributed by atoms with Crippen molar-refractivity contribution < 1.29 is 30.8 Å². The number of hydrogen-bond acceptors (Lipinski definition) is 3. The molecule has 0 aromatic heterocycles. The third-order valence-corrected chi connectivity index (χ3v) is 7.02. The Hall–Kier alpha value is -1.68. The van der Waals surface area contributed by atoms with Crippen molar-refractivity contribution in [1.29, 1.82) is 0 Å². The van der Waals surface area contributed by atoms with Gasteiger partial charge in [-0.05, 0) is 64.7 Å². The third-order valence-electron chi connectivity index (χ3n) is 4.77. The van der Waals surface area contributed by atoms with E-state index in [4.69, 9.17) is 0 Å². The summed E-state index contributed by atoms with van der Waals surface area (Å²) in [6.07, 6.45) is -3.16. The molecule has 28 heavy (non-hydrogen) atoms. The van der Waals surface area contributed by atoms with Crippen molar-refractivity contribution in [3.63, 3.8) is 0 Å². The van der Waals surface area contributed by atoms with Crippen molar-refractivity contribution in [2.24, 2.45) is 5.92 Å². The lowest BCUT2D eigenvalue weighted by atomic mass is 9.86. The molecule has 0 unspecified atom stereocenters. The van der Waals surface area contributed by atoms with Gasteiger partial charge in [-0.15, -0.1) is 0 Å². The first-order chi connectivity index (χ1) is 12.7. The van der Waals surface area contributed by atoms with Gasteiger partial charge < -0.3 is 5.32 Å². The van der Waals surface area contributed by atoms with E-state index in [1.807, 2.05) is 0 Å². The molecule has 0 radical (unpaired) electrons. The quantitative estimate of drug-likeness (QED) is 0.716. The summed E-state index contributed by atoms with van der Waals surface area (Å²) in [5.41, 5.74) is -1.57. The zero-order valence-electron chi connectivity index (χ0n) is 15.9. The standard InChI is InChI=1S/C18H24F4N2O3S/c1-17(2,3)28(26,27)24-12-6-4-11(5-7-12)16(25)23-13-8-9-15(19)14(10-13)18(20,21)22/h8-12,24H,4-7H2,1-3H3,(H,23,25). The van der Waals surface area contributed by atoms with E-state index >= 15 is 0 Å². The molecule has 1 fully saturated rings. The minimum absolute atomic E-state index is 0.130. The highest BCUT2D eigenvalue weighted by molar-refractivity contribution is 7.90. The molecule has 2 N–H and O–H groups in total. The van der Waals surface area contributed by atoms with E-state index < -0.39 is 44.2 Å². The largest absolute Gasteiger partial charge is 0.419 e. The molecule has 1 saturated carbocycles. The second-order valence-electron chi connectivity index (χ2n) is 7.96. The number of carbonyl (C=O) groups excluding carboxylic acids is 1. The summed E-state index contributed by atoms with van der Waals surface area (Å²) < 4.78 is 77.8. The topological polar surface area (TPSA) is 75.3 Å². The van der Waals surface area contributed by atoms with Gasteiger partial charge in [0.05, 0.1) is 10.3 Å². The minimum Gasteiger partial charge on any atom is -0.326 e. The van der Waals surface area contributed by atoms with E-state index in [9.17, 15) is 30.8 Å². The van der Waals surface area contributed by atoms with Crippen LogP contribution in [-0.2, 0) is 21.0 Å². The van der Waals surface area contributed by atoms with Gasteiger partial charge in [0.1, 0.15) is 5.82 Å². The van der Waals surface area contributed by atoms with Gasteiger partial charge in [-0.2, -0.15) is 13.2 Å². The first kappa shape index (κ1) is 22.6. The number of amides is 1. The molecular weight excluding hydrogens is 400 g/mol. The molecule has 1 aromatic carbocycles.